The Morgan fingerprint density at radius 3 is 2.60 bits per heavy atom. The van der Waals surface area contributed by atoms with Gasteiger partial charge in [-0.1, -0.05) is 35.0 Å². The molecule has 2 aromatic rings. The van der Waals surface area contributed by atoms with Gasteiger partial charge in [0.05, 0.1) is 17.0 Å². The first kappa shape index (κ1) is 14.7. The highest BCUT2D eigenvalue weighted by Crippen LogP contribution is 2.11. The second-order valence-corrected chi connectivity index (χ2v) is 5.42. The van der Waals surface area contributed by atoms with E-state index in [0.717, 1.165) is 21.4 Å². The van der Waals surface area contributed by atoms with Gasteiger partial charge in [-0.05, 0) is 37.1 Å². The number of hydrogen-bond acceptors (Lipinski definition) is 3. The summed E-state index contributed by atoms with van der Waals surface area (Å²) in [7, 11) is 0. The first-order chi connectivity index (χ1) is 9.60. The van der Waals surface area contributed by atoms with Crippen molar-refractivity contribution in [1.29, 1.82) is 0 Å². The minimum Gasteiger partial charge on any atom is -0.348 e. The number of aromatic nitrogens is 2. The standard InChI is InChI=1S/C15H16BrN3O/c1-3-14-13(8-10(2)18-19-14)15(20)17-9-11-4-6-12(16)7-5-11/h4-8H,3,9H2,1-2H3,(H,17,20). The summed E-state index contributed by atoms with van der Waals surface area (Å²) in [5.74, 6) is -0.109. The van der Waals surface area contributed by atoms with Gasteiger partial charge in [-0.3, -0.25) is 4.79 Å². The summed E-state index contributed by atoms with van der Waals surface area (Å²) in [4.78, 5) is 12.2. The number of amides is 1. The lowest BCUT2D eigenvalue weighted by atomic mass is 10.1. The summed E-state index contributed by atoms with van der Waals surface area (Å²) in [6, 6.07) is 9.64. The van der Waals surface area contributed by atoms with E-state index in [-0.39, 0.29) is 5.91 Å². The minimum absolute atomic E-state index is 0.109. The van der Waals surface area contributed by atoms with Crippen LogP contribution in [0.4, 0.5) is 0 Å². The Morgan fingerprint density at radius 1 is 1.25 bits per heavy atom. The van der Waals surface area contributed by atoms with Crippen LogP contribution in [-0.2, 0) is 13.0 Å². The zero-order chi connectivity index (χ0) is 14.5. The molecule has 1 N–H and O–H groups in total. The molecule has 0 aliphatic heterocycles. The van der Waals surface area contributed by atoms with E-state index in [4.69, 9.17) is 0 Å². The number of aryl methyl sites for hydroxylation is 2. The molecule has 2 rings (SSSR count). The fraction of sp³-hybridized carbons (Fsp3) is 0.267. The molecule has 0 unspecified atom stereocenters. The van der Waals surface area contributed by atoms with E-state index >= 15 is 0 Å². The third-order valence-corrected chi connectivity index (χ3v) is 3.47. The molecule has 0 saturated heterocycles. The van der Waals surface area contributed by atoms with Crippen LogP contribution >= 0.6 is 15.9 Å². The van der Waals surface area contributed by atoms with Gasteiger partial charge in [0.1, 0.15) is 0 Å². The molecule has 5 heteroatoms. The van der Waals surface area contributed by atoms with E-state index < -0.39 is 0 Å². The Bertz CT molecular complexity index is 611. The smallest absolute Gasteiger partial charge is 0.253 e. The molecule has 0 aliphatic rings. The van der Waals surface area contributed by atoms with Crippen LogP contribution in [0.3, 0.4) is 0 Å². The van der Waals surface area contributed by atoms with Crippen molar-refractivity contribution in [3.05, 3.63) is 57.3 Å². The van der Waals surface area contributed by atoms with Crippen LogP contribution in [0.5, 0.6) is 0 Å². The van der Waals surface area contributed by atoms with Gasteiger partial charge in [-0.2, -0.15) is 10.2 Å². The predicted molar refractivity (Wildman–Crippen MR) is 81.5 cm³/mol. The molecule has 0 fully saturated rings. The monoisotopic (exact) mass is 333 g/mol. The summed E-state index contributed by atoms with van der Waals surface area (Å²) in [5.41, 5.74) is 3.13. The maximum Gasteiger partial charge on any atom is 0.253 e. The molecule has 104 valence electrons. The largest absolute Gasteiger partial charge is 0.348 e. The molecule has 1 aromatic carbocycles. The molecule has 1 heterocycles. The maximum atomic E-state index is 12.2. The van der Waals surface area contributed by atoms with Crippen LogP contribution in [0.1, 0.15) is 34.2 Å². The van der Waals surface area contributed by atoms with Gasteiger partial charge in [-0.25, -0.2) is 0 Å². The fourth-order valence-electron chi connectivity index (χ4n) is 1.85. The van der Waals surface area contributed by atoms with Gasteiger partial charge in [0.2, 0.25) is 0 Å². The van der Waals surface area contributed by atoms with E-state index in [1.165, 1.54) is 0 Å². The number of hydrogen-bond donors (Lipinski definition) is 1. The van der Waals surface area contributed by atoms with Gasteiger partial charge in [-0.15, -0.1) is 0 Å². The first-order valence-electron chi connectivity index (χ1n) is 6.46. The summed E-state index contributed by atoms with van der Waals surface area (Å²) < 4.78 is 1.02. The average Bonchev–Trinajstić information content (AvgIpc) is 2.46. The molecular weight excluding hydrogens is 318 g/mol. The summed E-state index contributed by atoms with van der Waals surface area (Å²) in [5, 5.41) is 11.0. The number of rotatable bonds is 4. The van der Waals surface area contributed by atoms with E-state index in [0.29, 0.717) is 18.5 Å². The Morgan fingerprint density at radius 2 is 1.95 bits per heavy atom. The Labute approximate surface area is 126 Å². The van der Waals surface area contributed by atoms with Crippen molar-refractivity contribution in [2.24, 2.45) is 0 Å². The van der Waals surface area contributed by atoms with Crippen LogP contribution in [0.25, 0.3) is 0 Å². The molecule has 0 atom stereocenters. The number of carbonyl (C=O) groups is 1. The number of benzene rings is 1. The number of nitrogens with zero attached hydrogens (tertiary/aromatic N) is 2. The van der Waals surface area contributed by atoms with Crippen molar-refractivity contribution in [1.82, 2.24) is 15.5 Å². The molecule has 1 aromatic heterocycles. The van der Waals surface area contributed by atoms with Crippen LogP contribution in [0.2, 0.25) is 0 Å². The van der Waals surface area contributed by atoms with E-state index in [1.807, 2.05) is 38.1 Å². The quantitative estimate of drug-likeness (QED) is 0.935. The van der Waals surface area contributed by atoms with Crippen molar-refractivity contribution in [3.8, 4) is 0 Å². The fourth-order valence-corrected chi connectivity index (χ4v) is 2.12. The lowest BCUT2D eigenvalue weighted by molar-refractivity contribution is 0.0949. The number of halogens is 1. The zero-order valence-electron chi connectivity index (χ0n) is 11.5. The molecular formula is C15H16BrN3O. The minimum atomic E-state index is -0.109. The Hall–Kier alpha value is -1.75. The lowest BCUT2D eigenvalue weighted by Gasteiger charge is -2.08. The Kier molecular flexibility index (Phi) is 4.84. The van der Waals surface area contributed by atoms with Crippen molar-refractivity contribution < 1.29 is 4.79 Å². The summed E-state index contributed by atoms with van der Waals surface area (Å²) in [6.07, 6.45) is 0.689. The number of nitrogens with one attached hydrogen (secondary N) is 1. The third-order valence-electron chi connectivity index (χ3n) is 2.94. The molecule has 0 saturated carbocycles. The first-order valence-corrected chi connectivity index (χ1v) is 7.25. The molecule has 20 heavy (non-hydrogen) atoms. The molecule has 0 spiro atoms. The molecule has 0 bridgehead atoms. The van der Waals surface area contributed by atoms with Gasteiger partial charge in [0.15, 0.2) is 0 Å². The zero-order valence-corrected chi connectivity index (χ0v) is 13.1. The average molecular weight is 334 g/mol. The summed E-state index contributed by atoms with van der Waals surface area (Å²) >= 11 is 3.39. The van der Waals surface area contributed by atoms with Gasteiger partial charge < -0.3 is 5.32 Å². The van der Waals surface area contributed by atoms with Crippen molar-refractivity contribution in [2.75, 3.05) is 0 Å². The highest BCUT2D eigenvalue weighted by Gasteiger charge is 2.12. The second-order valence-electron chi connectivity index (χ2n) is 4.51. The Balaban J connectivity index is 2.08. The topological polar surface area (TPSA) is 54.9 Å². The van der Waals surface area contributed by atoms with Crippen LogP contribution in [-0.4, -0.2) is 16.1 Å². The highest BCUT2D eigenvalue weighted by atomic mass is 79.9. The molecule has 0 radical (unpaired) electrons. The van der Waals surface area contributed by atoms with Crippen molar-refractivity contribution in [3.63, 3.8) is 0 Å². The summed E-state index contributed by atoms with van der Waals surface area (Å²) in [6.45, 7) is 4.29. The van der Waals surface area contributed by atoms with Gasteiger partial charge in [0.25, 0.3) is 5.91 Å². The lowest BCUT2D eigenvalue weighted by Crippen LogP contribution is -2.24. The van der Waals surface area contributed by atoms with Crippen molar-refractivity contribution >= 4 is 21.8 Å². The van der Waals surface area contributed by atoms with Crippen LogP contribution < -0.4 is 5.32 Å². The highest BCUT2D eigenvalue weighted by molar-refractivity contribution is 9.10. The van der Waals surface area contributed by atoms with Gasteiger partial charge in [0, 0.05) is 11.0 Å². The normalized spacial score (nSPS) is 10.3. The van der Waals surface area contributed by atoms with E-state index in [2.05, 4.69) is 31.4 Å². The predicted octanol–water partition coefficient (Wildman–Crippen LogP) is 3.04. The van der Waals surface area contributed by atoms with Gasteiger partial charge >= 0.3 is 0 Å². The molecule has 1 amide bonds. The van der Waals surface area contributed by atoms with Crippen molar-refractivity contribution in [2.45, 2.75) is 26.8 Å². The van der Waals surface area contributed by atoms with E-state index in [1.54, 1.807) is 6.07 Å². The molecule has 0 aliphatic carbocycles. The second kappa shape index (κ2) is 6.61. The van der Waals surface area contributed by atoms with Crippen LogP contribution in [0.15, 0.2) is 34.8 Å². The molecule has 4 nitrogen and oxygen atoms in total. The SMILES string of the molecule is CCc1nnc(C)cc1C(=O)NCc1ccc(Br)cc1. The number of carbonyl (C=O) groups excluding carboxylic acids is 1. The third kappa shape index (κ3) is 3.63. The maximum absolute atomic E-state index is 12.2. The van der Waals surface area contributed by atoms with Crippen LogP contribution in [0, 0.1) is 6.92 Å². The van der Waals surface area contributed by atoms with E-state index in [9.17, 15) is 4.79 Å².